The number of hydrogen-bond acceptors (Lipinski definition) is 8. The van der Waals surface area contributed by atoms with Gasteiger partial charge >= 0.3 is 18.3 Å². The molecule has 0 aliphatic carbocycles. The highest BCUT2D eigenvalue weighted by Gasteiger charge is 2.43. The summed E-state index contributed by atoms with van der Waals surface area (Å²) < 4.78 is 16.8. The average molecular weight is 653 g/mol. The number of carbonyl (C=O) groups is 4. The molecule has 0 saturated carbocycles. The van der Waals surface area contributed by atoms with E-state index >= 15 is 0 Å². The van der Waals surface area contributed by atoms with Crippen LogP contribution in [0.1, 0.15) is 71.9 Å². The molecule has 47 heavy (non-hydrogen) atoms. The molecule has 256 valence electrons. The van der Waals surface area contributed by atoms with Crippen LogP contribution in [0.3, 0.4) is 0 Å². The van der Waals surface area contributed by atoms with Crippen molar-refractivity contribution in [1.29, 1.82) is 0 Å². The topological polar surface area (TPSA) is 127 Å². The van der Waals surface area contributed by atoms with E-state index in [-0.39, 0.29) is 38.1 Å². The maximum Gasteiger partial charge on any atom is 0.434 e. The van der Waals surface area contributed by atoms with E-state index in [1.807, 2.05) is 60.7 Å². The van der Waals surface area contributed by atoms with Gasteiger partial charge in [0.25, 0.3) is 0 Å². The lowest BCUT2D eigenvalue weighted by molar-refractivity contribution is -0.189. The number of piperidine rings is 1. The van der Waals surface area contributed by atoms with Crippen molar-refractivity contribution in [3.63, 3.8) is 0 Å². The summed E-state index contributed by atoms with van der Waals surface area (Å²) in [6, 6.07) is 17.1. The summed E-state index contributed by atoms with van der Waals surface area (Å²) in [5.41, 5.74) is 0.147. The van der Waals surface area contributed by atoms with Crippen LogP contribution in [-0.2, 0) is 37.1 Å². The zero-order chi connectivity index (χ0) is 34.2. The van der Waals surface area contributed by atoms with Crippen LogP contribution in [0, 0.1) is 0 Å². The number of amides is 4. The number of hydrogen-bond donors (Lipinski definition) is 1. The first kappa shape index (κ1) is 35.5. The lowest BCUT2D eigenvalue weighted by Crippen LogP contribution is -2.60. The fourth-order valence-corrected chi connectivity index (χ4v) is 5.42. The predicted octanol–water partition coefficient (Wildman–Crippen LogP) is 5.65. The van der Waals surface area contributed by atoms with Crippen molar-refractivity contribution >= 4 is 24.2 Å². The van der Waals surface area contributed by atoms with Crippen LogP contribution in [-0.4, -0.2) is 88.0 Å². The second-order valence-corrected chi connectivity index (χ2v) is 13.9. The molecule has 12 heteroatoms. The van der Waals surface area contributed by atoms with Crippen LogP contribution >= 0.6 is 0 Å². The predicted molar refractivity (Wildman–Crippen MR) is 174 cm³/mol. The molecule has 2 heterocycles. The number of carbonyl (C=O) groups excluding carboxylic acids is 4. The van der Waals surface area contributed by atoms with Crippen LogP contribution < -0.4 is 5.32 Å². The summed E-state index contributed by atoms with van der Waals surface area (Å²) in [5, 5.41) is 4.21. The number of benzene rings is 2. The number of likely N-dealkylation sites (tertiary alicyclic amines) is 2. The molecule has 0 bridgehead atoms. The molecule has 4 amide bonds. The molecule has 3 atom stereocenters. The molecule has 2 aliphatic rings. The number of nitrogens with one attached hydrogen (secondary N) is 1. The van der Waals surface area contributed by atoms with Crippen molar-refractivity contribution < 1.29 is 38.2 Å². The van der Waals surface area contributed by atoms with E-state index in [0.717, 1.165) is 11.1 Å². The van der Waals surface area contributed by atoms with Gasteiger partial charge in [0.15, 0.2) is 0 Å². The van der Waals surface area contributed by atoms with Crippen molar-refractivity contribution in [2.24, 2.45) is 0 Å². The van der Waals surface area contributed by atoms with Crippen LogP contribution in [0.15, 0.2) is 60.7 Å². The summed E-state index contributed by atoms with van der Waals surface area (Å²) in [5.74, 6) is -0.354. The van der Waals surface area contributed by atoms with E-state index in [4.69, 9.17) is 19.0 Å². The Hall–Kier alpha value is -4.32. The largest absolute Gasteiger partial charge is 0.445 e. The summed E-state index contributed by atoms with van der Waals surface area (Å²) in [6.07, 6.45) is -0.636. The number of rotatable bonds is 8. The Morgan fingerprint density at radius 3 is 1.96 bits per heavy atom. The van der Waals surface area contributed by atoms with E-state index in [1.165, 1.54) is 9.96 Å². The summed E-state index contributed by atoms with van der Waals surface area (Å²) in [6.45, 7) is 11.5. The standard InChI is InChI=1S/C35H48N4O8/c1-34(2,3)46-32(42)38-22-28(39(33(43)47-35(4,5)6)45-24-26-15-11-8-12-16-26)17-18-29(38)30(40)36-27-19-20-37(21-27)31(41)44-23-25-13-9-7-10-14-25/h7-16,27-29H,17-24H2,1-6H3,(H,36,40)/t27?,28-,29-/m1/s1. The maximum atomic E-state index is 13.7. The minimum atomic E-state index is -0.852. The molecule has 0 radical (unpaired) electrons. The number of nitrogens with zero attached hydrogens (tertiary/aromatic N) is 3. The van der Waals surface area contributed by atoms with E-state index in [0.29, 0.717) is 25.9 Å². The van der Waals surface area contributed by atoms with E-state index < -0.39 is 41.6 Å². The van der Waals surface area contributed by atoms with Gasteiger partial charge in [0.2, 0.25) is 5.91 Å². The molecular weight excluding hydrogens is 604 g/mol. The minimum Gasteiger partial charge on any atom is -0.445 e. The Balaban J connectivity index is 1.43. The maximum absolute atomic E-state index is 13.7. The summed E-state index contributed by atoms with van der Waals surface area (Å²) in [4.78, 5) is 62.2. The van der Waals surface area contributed by atoms with Crippen molar-refractivity contribution in [2.75, 3.05) is 19.6 Å². The third kappa shape index (κ3) is 10.9. The molecule has 0 aromatic heterocycles. The SMILES string of the molecule is CC(C)(C)OC(=O)N1C[C@H](N(OCc2ccccc2)C(=O)OC(C)(C)C)CC[C@@H]1C(=O)NC1CCN(C(=O)OCc2ccccc2)C1. The molecule has 2 aromatic carbocycles. The third-order valence-electron chi connectivity index (χ3n) is 7.60. The van der Waals surface area contributed by atoms with Crippen molar-refractivity contribution in [3.8, 4) is 0 Å². The van der Waals surface area contributed by atoms with Gasteiger partial charge in [0.1, 0.15) is 30.5 Å². The lowest BCUT2D eigenvalue weighted by Gasteiger charge is -2.42. The highest BCUT2D eigenvalue weighted by atomic mass is 16.7. The van der Waals surface area contributed by atoms with E-state index in [1.54, 1.807) is 46.4 Å². The van der Waals surface area contributed by atoms with Gasteiger partial charge in [-0.05, 0) is 71.9 Å². The second kappa shape index (κ2) is 15.5. The third-order valence-corrected chi connectivity index (χ3v) is 7.60. The molecule has 1 unspecified atom stereocenters. The number of ether oxygens (including phenoxy) is 3. The normalized spacial score (nSPS) is 19.9. The van der Waals surface area contributed by atoms with Gasteiger partial charge in [0.05, 0.1) is 6.04 Å². The molecule has 2 fully saturated rings. The van der Waals surface area contributed by atoms with Gasteiger partial charge in [0, 0.05) is 25.7 Å². The summed E-state index contributed by atoms with van der Waals surface area (Å²) >= 11 is 0. The Kier molecular flexibility index (Phi) is 11.7. The van der Waals surface area contributed by atoms with Crippen molar-refractivity contribution in [2.45, 2.75) is 103 Å². The van der Waals surface area contributed by atoms with Crippen LogP contribution in [0.2, 0.25) is 0 Å². The minimum absolute atomic E-state index is 0.0103. The van der Waals surface area contributed by atoms with Gasteiger partial charge in [-0.1, -0.05) is 60.7 Å². The van der Waals surface area contributed by atoms with E-state index in [9.17, 15) is 19.2 Å². The smallest absolute Gasteiger partial charge is 0.434 e. The second-order valence-electron chi connectivity index (χ2n) is 13.9. The van der Waals surface area contributed by atoms with Crippen molar-refractivity contribution in [3.05, 3.63) is 71.8 Å². The highest BCUT2D eigenvalue weighted by molar-refractivity contribution is 5.86. The fourth-order valence-electron chi connectivity index (χ4n) is 5.42. The Morgan fingerprint density at radius 1 is 0.766 bits per heavy atom. The molecule has 12 nitrogen and oxygen atoms in total. The van der Waals surface area contributed by atoms with Gasteiger partial charge in [-0.25, -0.2) is 14.4 Å². The first-order valence-electron chi connectivity index (χ1n) is 16.1. The van der Waals surface area contributed by atoms with Crippen LogP contribution in [0.25, 0.3) is 0 Å². The van der Waals surface area contributed by atoms with Gasteiger partial charge in [-0.15, -0.1) is 0 Å². The highest BCUT2D eigenvalue weighted by Crippen LogP contribution is 2.27. The molecule has 1 N–H and O–H groups in total. The first-order valence-corrected chi connectivity index (χ1v) is 16.1. The molecule has 2 saturated heterocycles. The average Bonchev–Trinajstić information content (AvgIpc) is 3.47. The first-order chi connectivity index (χ1) is 22.2. The summed E-state index contributed by atoms with van der Waals surface area (Å²) in [7, 11) is 0. The van der Waals surface area contributed by atoms with Gasteiger partial charge in [-0.3, -0.25) is 14.5 Å². The molecule has 4 rings (SSSR count). The Labute approximate surface area is 277 Å². The monoisotopic (exact) mass is 652 g/mol. The van der Waals surface area contributed by atoms with Crippen molar-refractivity contribution in [1.82, 2.24) is 20.2 Å². The molecular formula is C35H48N4O8. The Bertz CT molecular complexity index is 1360. The zero-order valence-electron chi connectivity index (χ0n) is 28.3. The lowest BCUT2D eigenvalue weighted by atomic mass is 9.97. The van der Waals surface area contributed by atoms with Gasteiger partial charge < -0.3 is 24.4 Å². The molecule has 2 aromatic rings. The van der Waals surface area contributed by atoms with E-state index in [2.05, 4.69) is 5.32 Å². The fraction of sp³-hybridized carbons (Fsp3) is 0.543. The Morgan fingerprint density at radius 2 is 1.36 bits per heavy atom. The molecule has 2 aliphatic heterocycles. The zero-order valence-corrected chi connectivity index (χ0v) is 28.3. The van der Waals surface area contributed by atoms with Crippen LogP contribution in [0.5, 0.6) is 0 Å². The number of hydroxylamine groups is 2. The quantitative estimate of drug-likeness (QED) is 0.286. The molecule has 0 spiro atoms. The van der Waals surface area contributed by atoms with Crippen LogP contribution in [0.4, 0.5) is 14.4 Å². The van der Waals surface area contributed by atoms with Gasteiger partial charge in [-0.2, -0.15) is 5.06 Å².